The van der Waals surface area contributed by atoms with Crippen molar-refractivity contribution in [2.45, 2.75) is 38.6 Å². The van der Waals surface area contributed by atoms with Crippen molar-refractivity contribution in [3.05, 3.63) is 72.3 Å². The Hall–Kier alpha value is -3.76. The third-order valence-corrected chi connectivity index (χ3v) is 7.54. The predicted octanol–water partition coefficient (Wildman–Crippen LogP) is 4.67. The van der Waals surface area contributed by atoms with E-state index in [0.717, 1.165) is 52.4 Å². The second-order valence-corrected chi connectivity index (χ2v) is 9.99. The molecule has 1 aliphatic rings. The van der Waals surface area contributed by atoms with Crippen molar-refractivity contribution in [3.8, 4) is 11.3 Å². The largest absolute Gasteiger partial charge is 0.369 e. The number of pyridine rings is 2. The molecule has 40 heavy (non-hydrogen) atoms. The number of amides is 1. The highest BCUT2D eigenvalue weighted by molar-refractivity contribution is 7.59. The van der Waals surface area contributed by atoms with Crippen LogP contribution in [0.15, 0.2) is 61.2 Å². The molecule has 9 nitrogen and oxygen atoms in total. The quantitative estimate of drug-likeness (QED) is 0.258. The van der Waals surface area contributed by atoms with Crippen LogP contribution in [0, 0.1) is 0 Å². The molecule has 1 aromatic carbocycles. The number of nitrogens with zero attached hydrogens (tertiary/aromatic N) is 5. The average Bonchev–Trinajstić information content (AvgIpc) is 3.46. The summed E-state index contributed by atoms with van der Waals surface area (Å²) < 4.78 is 0. The highest BCUT2D eigenvalue weighted by atomic mass is 32.1. The maximum atomic E-state index is 12.3. The van der Waals surface area contributed by atoms with Crippen LogP contribution in [-0.4, -0.2) is 70.0 Å². The predicted molar refractivity (Wildman–Crippen MR) is 166 cm³/mol. The number of nitrogens with one attached hydrogen (secondary N) is 3. The molecule has 3 aromatic heterocycles. The van der Waals surface area contributed by atoms with Gasteiger partial charge in [-0.3, -0.25) is 14.7 Å². The highest BCUT2D eigenvalue weighted by Gasteiger charge is 2.22. The number of anilines is 2. The Morgan fingerprint density at radius 2 is 1.95 bits per heavy atom. The van der Waals surface area contributed by atoms with Crippen LogP contribution in [0.25, 0.3) is 22.2 Å². The number of hydrogen-bond donors (Lipinski definition) is 3. The van der Waals surface area contributed by atoms with Crippen molar-refractivity contribution in [1.29, 1.82) is 0 Å². The Balaban J connectivity index is 0.00000370. The summed E-state index contributed by atoms with van der Waals surface area (Å²) in [6.45, 7) is 8.22. The topological polar surface area (TPSA) is 108 Å². The molecular formula is C30H38N8OS. The van der Waals surface area contributed by atoms with Crippen LogP contribution in [0.4, 0.5) is 11.6 Å². The molecule has 1 aliphatic heterocycles. The molecule has 210 valence electrons. The number of rotatable bonds is 10. The number of benzene rings is 1. The first kappa shape index (κ1) is 29.2. The number of carbonyl (C=O) groups is 1. The van der Waals surface area contributed by atoms with Crippen molar-refractivity contribution >= 4 is 41.9 Å². The summed E-state index contributed by atoms with van der Waals surface area (Å²) >= 11 is 0. The van der Waals surface area contributed by atoms with E-state index in [2.05, 4.69) is 60.7 Å². The number of para-hydroxylation sites is 1. The van der Waals surface area contributed by atoms with Crippen LogP contribution in [0.2, 0.25) is 0 Å². The first-order chi connectivity index (χ1) is 19.1. The van der Waals surface area contributed by atoms with Gasteiger partial charge in [0.2, 0.25) is 0 Å². The van der Waals surface area contributed by atoms with Gasteiger partial charge in [0.05, 0.1) is 16.8 Å². The van der Waals surface area contributed by atoms with E-state index in [9.17, 15) is 4.79 Å². The van der Waals surface area contributed by atoms with E-state index in [1.807, 2.05) is 36.5 Å². The molecule has 10 heteroatoms. The van der Waals surface area contributed by atoms with E-state index in [1.165, 1.54) is 19.4 Å². The Bertz CT molecular complexity index is 1430. The maximum Gasteiger partial charge on any atom is 0.251 e. The van der Waals surface area contributed by atoms with Gasteiger partial charge in [0.1, 0.15) is 18.0 Å². The van der Waals surface area contributed by atoms with Crippen molar-refractivity contribution < 1.29 is 4.79 Å². The summed E-state index contributed by atoms with van der Waals surface area (Å²) in [4.78, 5) is 32.9. The van der Waals surface area contributed by atoms with E-state index >= 15 is 0 Å². The molecule has 4 heterocycles. The fraction of sp³-hybridized carbons (Fsp3) is 0.367. The van der Waals surface area contributed by atoms with Crippen LogP contribution < -0.4 is 16.0 Å². The van der Waals surface area contributed by atoms with Gasteiger partial charge < -0.3 is 16.0 Å². The van der Waals surface area contributed by atoms with Crippen LogP contribution in [-0.2, 0) is 0 Å². The van der Waals surface area contributed by atoms with E-state index in [0.29, 0.717) is 18.2 Å². The van der Waals surface area contributed by atoms with Crippen molar-refractivity contribution in [2.75, 3.05) is 43.9 Å². The van der Waals surface area contributed by atoms with E-state index in [4.69, 9.17) is 0 Å². The third kappa shape index (κ3) is 6.51. The standard InChI is InChI=1S/C30H36N8O.H2S/c1-4-38-14-6-7-22(38)18-35-27-11-10-21(17-34-27)26-15-28(37-19-36-26)33-16-20(2)23-8-5-9-24-25(30(39)31-3)12-13-32-29(23)24;/h5,8-13,15,17,19-20,22H,4,6-7,14,16,18H2,1-3H3,(H,31,39)(H,34,35)(H,33,36,37);1H2/t20-,22-;/m1./s1. The Kier molecular flexibility index (Phi) is 9.89. The molecule has 0 unspecified atom stereocenters. The minimum atomic E-state index is -0.117. The van der Waals surface area contributed by atoms with Crippen molar-refractivity contribution in [1.82, 2.24) is 30.2 Å². The van der Waals surface area contributed by atoms with Gasteiger partial charge in [-0.15, -0.1) is 0 Å². The van der Waals surface area contributed by atoms with Gasteiger partial charge in [-0.05, 0) is 49.7 Å². The second kappa shape index (κ2) is 13.5. The summed E-state index contributed by atoms with van der Waals surface area (Å²) in [5.41, 5.74) is 4.30. The lowest BCUT2D eigenvalue weighted by molar-refractivity contribution is 0.0964. The third-order valence-electron chi connectivity index (χ3n) is 7.54. The van der Waals surface area contributed by atoms with Crippen LogP contribution in [0.1, 0.15) is 48.5 Å². The van der Waals surface area contributed by atoms with Gasteiger partial charge in [-0.1, -0.05) is 32.0 Å². The zero-order valence-corrected chi connectivity index (χ0v) is 24.3. The minimum absolute atomic E-state index is 0. The Morgan fingerprint density at radius 1 is 1.07 bits per heavy atom. The van der Waals surface area contributed by atoms with Crippen LogP contribution in [0.5, 0.6) is 0 Å². The lowest BCUT2D eigenvalue weighted by Crippen LogP contribution is -2.34. The molecule has 1 amide bonds. The number of hydrogen-bond acceptors (Lipinski definition) is 8. The monoisotopic (exact) mass is 558 g/mol. The molecule has 2 atom stereocenters. The molecule has 0 radical (unpaired) electrons. The first-order valence-corrected chi connectivity index (χ1v) is 13.7. The summed E-state index contributed by atoms with van der Waals surface area (Å²) in [5.74, 6) is 1.64. The SMILES string of the molecule is CCN1CCC[C@@H]1CNc1ccc(-c2cc(NC[C@@H](C)c3cccc4c(C(=O)NC)ccnc34)ncn2)cn1.S. The summed E-state index contributed by atoms with van der Waals surface area (Å²) in [6.07, 6.45) is 7.63. The highest BCUT2D eigenvalue weighted by Crippen LogP contribution is 2.27. The maximum absolute atomic E-state index is 12.3. The lowest BCUT2D eigenvalue weighted by atomic mass is 9.96. The average molecular weight is 559 g/mol. The molecule has 1 saturated heterocycles. The zero-order chi connectivity index (χ0) is 27.2. The van der Waals surface area contributed by atoms with Crippen LogP contribution in [0.3, 0.4) is 0 Å². The molecular weight excluding hydrogens is 520 g/mol. The van der Waals surface area contributed by atoms with Gasteiger partial charge in [-0.25, -0.2) is 15.0 Å². The molecule has 0 aliphatic carbocycles. The van der Waals surface area contributed by atoms with Gasteiger partial charge in [0.15, 0.2) is 0 Å². The molecule has 0 saturated carbocycles. The smallest absolute Gasteiger partial charge is 0.251 e. The minimum Gasteiger partial charge on any atom is -0.369 e. The Morgan fingerprint density at radius 3 is 2.73 bits per heavy atom. The Labute approximate surface area is 242 Å². The van der Waals surface area contributed by atoms with E-state index in [-0.39, 0.29) is 25.3 Å². The van der Waals surface area contributed by atoms with Gasteiger partial charge in [0, 0.05) is 61.5 Å². The number of likely N-dealkylation sites (tertiary alicyclic amines) is 1. The molecule has 0 bridgehead atoms. The molecule has 4 aromatic rings. The molecule has 1 fully saturated rings. The molecule has 3 N–H and O–H groups in total. The number of fused-ring (bicyclic) bond motifs is 1. The van der Waals surface area contributed by atoms with Gasteiger partial charge in [-0.2, -0.15) is 13.5 Å². The van der Waals surface area contributed by atoms with E-state index in [1.54, 1.807) is 25.6 Å². The zero-order valence-electron chi connectivity index (χ0n) is 23.3. The normalized spacial score (nSPS) is 15.8. The van der Waals surface area contributed by atoms with Crippen LogP contribution >= 0.6 is 13.5 Å². The summed E-state index contributed by atoms with van der Waals surface area (Å²) in [6, 6.07) is 14.3. The van der Waals surface area contributed by atoms with Gasteiger partial charge in [0.25, 0.3) is 5.91 Å². The van der Waals surface area contributed by atoms with Crippen molar-refractivity contribution in [3.63, 3.8) is 0 Å². The van der Waals surface area contributed by atoms with Gasteiger partial charge >= 0.3 is 0 Å². The fourth-order valence-electron chi connectivity index (χ4n) is 5.32. The fourth-order valence-corrected chi connectivity index (χ4v) is 5.32. The van der Waals surface area contributed by atoms with E-state index < -0.39 is 0 Å². The number of likely N-dealkylation sites (N-methyl/N-ethyl adjacent to an activating group) is 1. The molecule has 5 rings (SSSR count). The summed E-state index contributed by atoms with van der Waals surface area (Å²) in [5, 5.41) is 10.5. The number of carbonyl (C=O) groups excluding carboxylic acids is 1. The number of aromatic nitrogens is 4. The lowest BCUT2D eigenvalue weighted by Gasteiger charge is -2.23. The summed E-state index contributed by atoms with van der Waals surface area (Å²) in [7, 11) is 1.64. The first-order valence-electron chi connectivity index (χ1n) is 13.7. The second-order valence-electron chi connectivity index (χ2n) is 9.99. The molecule has 0 spiro atoms. The van der Waals surface area contributed by atoms with Crippen molar-refractivity contribution in [2.24, 2.45) is 0 Å².